The Hall–Kier alpha value is -1.58. The smallest absolute Gasteiger partial charge is 0.331 e. The highest BCUT2D eigenvalue weighted by atomic mass is 16.4. The predicted octanol–water partition coefficient (Wildman–Crippen LogP) is 5.20. The number of carbonyl (C=O) groups is 2. The Morgan fingerprint density at radius 3 is 2.52 bits per heavy atom. The first-order valence-electron chi connectivity index (χ1n) is 11.4. The van der Waals surface area contributed by atoms with Gasteiger partial charge in [0.05, 0.1) is 0 Å². The van der Waals surface area contributed by atoms with Gasteiger partial charge < -0.3 is 10.0 Å². The normalized spacial score (nSPS) is 41.4. The lowest BCUT2D eigenvalue weighted by Crippen LogP contribution is -2.56. The van der Waals surface area contributed by atoms with Gasteiger partial charge in [0.15, 0.2) is 0 Å². The molecular weight excluding hydrogens is 362 g/mol. The summed E-state index contributed by atoms with van der Waals surface area (Å²) in [6.07, 6.45) is 12.8. The van der Waals surface area contributed by atoms with Gasteiger partial charge in [0.2, 0.25) is 6.41 Å². The number of carbonyl (C=O) groups excluding carboxylic acids is 1. The third-order valence-electron chi connectivity index (χ3n) is 9.22. The number of fused-ring (bicyclic) bond motifs is 5. The van der Waals surface area contributed by atoms with E-state index in [1.165, 1.54) is 24.8 Å². The van der Waals surface area contributed by atoms with Crippen LogP contribution in [0.5, 0.6) is 0 Å². The van der Waals surface area contributed by atoms with Gasteiger partial charge in [-0.05, 0) is 106 Å². The van der Waals surface area contributed by atoms with Gasteiger partial charge in [-0.15, -0.1) is 0 Å². The zero-order chi connectivity index (χ0) is 21.2. The molecule has 0 aromatic rings. The first-order valence-corrected chi connectivity index (χ1v) is 11.4. The number of rotatable bonds is 3. The fourth-order valence-electron chi connectivity index (χ4n) is 7.62. The molecule has 6 atom stereocenters. The molecule has 1 N–H and O–H groups in total. The van der Waals surface area contributed by atoms with Gasteiger partial charge in [-0.2, -0.15) is 0 Å². The van der Waals surface area contributed by atoms with E-state index in [4.69, 9.17) is 0 Å². The van der Waals surface area contributed by atoms with Crippen LogP contribution in [0.2, 0.25) is 0 Å². The lowest BCUT2D eigenvalue weighted by molar-refractivity contribution is -0.134. The Balaban J connectivity index is 1.65. The number of carboxylic acid groups (broad SMARTS) is 1. The minimum Gasteiger partial charge on any atom is -0.478 e. The molecule has 0 bridgehead atoms. The molecule has 0 saturated heterocycles. The summed E-state index contributed by atoms with van der Waals surface area (Å²) in [7, 11) is 0. The van der Waals surface area contributed by atoms with E-state index in [0.29, 0.717) is 35.8 Å². The van der Waals surface area contributed by atoms with Crippen molar-refractivity contribution in [2.45, 2.75) is 91.1 Å². The summed E-state index contributed by atoms with van der Waals surface area (Å²) < 4.78 is 0. The van der Waals surface area contributed by atoms with Crippen LogP contribution in [0, 0.1) is 28.6 Å². The van der Waals surface area contributed by atoms with Crippen LogP contribution in [-0.2, 0) is 9.59 Å². The van der Waals surface area contributed by atoms with Crippen molar-refractivity contribution >= 4 is 12.4 Å². The fourth-order valence-corrected chi connectivity index (χ4v) is 7.62. The molecule has 160 valence electrons. The van der Waals surface area contributed by atoms with Crippen LogP contribution < -0.4 is 0 Å². The van der Waals surface area contributed by atoms with Crippen molar-refractivity contribution in [2.75, 3.05) is 0 Å². The number of amides is 1. The molecule has 2 saturated carbocycles. The Labute approximate surface area is 175 Å². The highest BCUT2D eigenvalue weighted by molar-refractivity contribution is 5.87. The van der Waals surface area contributed by atoms with Crippen LogP contribution >= 0.6 is 0 Å². The summed E-state index contributed by atoms with van der Waals surface area (Å²) in [4.78, 5) is 25.6. The maximum Gasteiger partial charge on any atom is 0.331 e. The zero-order valence-electron chi connectivity index (χ0n) is 18.7. The Morgan fingerprint density at radius 2 is 1.90 bits per heavy atom. The molecule has 4 rings (SSSR count). The number of hydrogen-bond donors (Lipinski definition) is 1. The van der Waals surface area contributed by atoms with Crippen LogP contribution in [-0.4, -0.2) is 34.0 Å². The summed E-state index contributed by atoms with van der Waals surface area (Å²) >= 11 is 0. The summed E-state index contributed by atoms with van der Waals surface area (Å²) in [6.45, 7) is 11.3. The molecule has 4 nitrogen and oxygen atoms in total. The van der Waals surface area contributed by atoms with Gasteiger partial charge in [0, 0.05) is 17.2 Å². The summed E-state index contributed by atoms with van der Waals surface area (Å²) in [6, 6.07) is 0.328. The van der Waals surface area contributed by atoms with E-state index in [1.54, 1.807) is 0 Å². The molecule has 4 heteroatoms. The third kappa shape index (κ3) is 3.00. The molecule has 1 amide bonds. The number of carboxylic acids is 1. The van der Waals surface area contributed by atoms with E-state index in [0.717, 1.165) is 25.7 Å². The summed E-state index contributed by atoms with van der Waals surface area (Å²) in [5, 5.41) is 9.44. The lowest BCUT2D eigenvalue weighted by Gasteiger charge is -2.58. The van der Waals surface area contributed by atoms with Crippen molar-refractivity contribution in [2.24, 2.45) is 28.6 Å². The topological polar surface area (TPSA) is 57.6 Å². The molecule has 4 aliphatic rings. The SMILES string of the molecule is CC(C)(C)N(C=O)C1CC[C@H]2[C@@H]3CC=C4C=C(C(=O)O)CC[C@]4(C)[C@H]3CC[C@]12C. The number of aliphatic carboxylic acids is 1. The van der Waals surface area contributed by atoms with Gasteiger partial charge in [0.25, 0.3) is 0 Å². The van der Waals surface area contributed by atoms with Gasteiger partial charge in [-0.25, -0.2) is 4.79 Å². The maximum absolute atomic E-state index is 12.0. The van der Waals surface area contributed by atoms with Crippen molar-refractivity contribution in [1.29, 1.82) is 0 Å². The summed E-state index contributed by atoms with van der Waals surface area (Å²) in [5.41, 5.74) is 1.99. The second-order valence-corrected chi connectivity index (χ2v) is 11.5. The van der Waals surface area contributed by atoms with Crippen molar-refractivity contribution in [1.82, 2.24) is 4.90 Å². The van der Waals surface area contributed by atoms with Gasteiger partial charge in [0.1, 0.15) is 0 Å². The molecule has 0 aliphatic heterocycles. The minimum absolute atomic E-state index is 0.107. The van der Waals surface area contributed by atoms with E-state index >= 15 is 0 Å². The lowest BCUT2D eigenvalue weighted by atomic mass is 9.48. The highest BCUT2D eigenvalue weighted by Gasteiger charge is 2.59. The molecule has 0 spiro atoms. The van der Waals surface area contributed by atoms with Crippen LogP contribution in [0.3, 0.4) is 0 Å². The predicted molar refractivity (Wildman–Crippen MR) is 114 cm³/mol. The van der Waals surface area contributed by atoms with E-state index < -0.39 is 5.97 Å². The Kier molecular flexibility index (Phi) is 4.79. The van der Waals surface area contributed by atoms with E-state index in [2.05, 4.69) is 45.6 Å². The van der Waals surface area contributed by atoms with Gasteiger partial charge >= 0.3 is 5.97 Å². The second-order valence-electron chi connectivity index (χ2n) is 11.5. The average molecular weight is 400 g/mol. The second kappa shape index (κ2) is 6.72. The van der Waals surface area contributed by atoms with Crippen molar-refractivity contribution in [3.05, 3.63) is 23.3 Å². The first-order chi connectivity index (χ1) is 13.5. The molecule has 0 aromatic heterocycles. The van der Waals surface area contributed by atoms with Crippen LogP contribution in [0.1, 0.15) is 79.6 Å². The highest BCUT2D eigenvalue weighted by Crippen LogP contribution is 2.65. The molecule has 29 heavy (non-hydrogen) atoms. The minimum atomic E-state index is -0.763. The quantitative estimate of drug-likeness (QED) is 0.664. The van der Waals surface area contributed by atoms with Crippen LogP contribution in [0.25, 0.3) is 0 Å². The van der Waals surface area contributed by atoms with E-state index in [9.17, 15) is 14.7 Å². The summed E-state index contributed by atoms with van der Waals surface area (Å²) in [5.74, 6) is 1.17. The fraction of sp³-hybridized carbons (Fsp3) is 0.760. The maximum atomic E-state index is 12.0. The molecule has 2 fully saturated rings. The molecule has 0 aromatic carbocycles. The van der Waals surface area contributed by atoms with E-state index in [-0.39, 0.29) is 16.4 Å². The third-order valence-corrected chi connectivity index (χ3v) is 9.22. The molecular formula is C25H37NO3. The Morgan fingerprint density at radius 1 is 1.17 bits per heavy atom. The van der Waals surface area contributed by atoms with Gasteiger partial charge in [-0.3, -0.25) is 4.79 Å². The molecule has 0 radical (unpaired) electrons. The number of nitrogens with zero attached hydrogens (tertiary/aromatic N) is 1. The van der Waals surface area contributed by atoms with Crippen LogP contribution in [0.15, 0.2) is 23.3 Å². The molecule has 1 unspecified atom stereocenters. The van der Waals surface area contributed by atoms with Gasteiger partial charge in [-0.1, -0.05) is 19.9 Å². The standard InChI is InChI=1S/C25H37NO3/c1-23(2,3)26(15-27)21-9-8-19-18-7-6-17-14-16(22(28)29)10-12-24(17,4)20(18)11-13-25(19,21)5/h6,14-15,18-21H,7-13H2,1-5H3,(H,28,29)/t18-,19-,20-,21?,24-,25-/m0/s1. The monoisotopic (exact) mass is 399 g/mol. The average Bonchev–Trinajstić information content (AvgIpc) is 2.97. The first kappa shape index (κ1) is 20.7. The largest absolute Gasteiger partial charge is 0.478 e. The number of allylic oxidation sites excluding steroid dienone is 3. The van der Waals surface area contributed by atoms with E-state index in [1.807, 2.05) is 6.08 Å². The Bertz CT molecular complexity index is 775. The van der Waals surface area contributed by atoms with Crippen molar-refractivity contribution in [3.63, 3.8) is 0 Å². The van der Waals surface area contributed by atoms with Crippen molar-refractivity contribution in [3.8, 4) is 0 Å². The number of hydrogen-bond acceptors (Lipinski definition) is 2. The van der Waals surface area contributed by atoms with Crippen molar-refractivity contribution < 1.29 is 14.7 Å². The molecule has 4 aliphatic carbocycles. The molecule has 0 heterocycles. The van der Waals surface area contributed by atoms with Crippen LogP contribution in [0.4, 0.5) is 0 Å². The zero-order valence-corrected chi connectivity index (χ0v) is 18.7.